The summed E-state index contributed by atoms with van der Waals surface area (Å²) >= 11 is 6.15. The Morgan fingerprint density at radius 1 is 1.53 bits per heavy atom. The van der Waals surface area contributed by atoms with Crippen LogP contribution in [-0.4, -0.2) is 39.4 Å². The number of aromatic nitrogens is 3. The molecule has 2 aromatic heterocycles. The summed E-state index contributed by atoms with van der Waals surface area (Å²) in [5.41, 5.74) is 1.58. The molecular formula is C13H17ClN4O. The summed E-state index contributed by atoms with van der Waals surface area (Å²) in [6.07, 6.45) is 2.13. The monoisotopic (exact) mass is 280 g/mol. The van der Waals surface area contributed by atoms with E-state index in [1.54, 1.807) is 25.2 Å². The lowest BCUT2D eigenvalue weighted by atomic mass is 10.3. The van der Waals surface area contributed by atoms with Gasteiger partial charge in [0.2, 0.25) is 5.91 Å². The molecule has 0 aliphatic heterocycles. The van der Waals surface area contributed by atoms with Gasteiger partial charge in [0, 0.05) is 33.3 Å². The summed E-state index contributed by atoms with van der Waals surface area (Å²) in [6, 6.07) is 3.74. The Morgan fingerprint density at radius 2 is 2.26 bits per heavy atom. The van der Waals surface area contributed by atoms with Crippen LogP contribution >= 0.6 is 11.6 Å². The Kier molecular flexibility index (Phi) is 4.04. The van der Waals surface area contributed by atoms with Crippen LogP contribution in [0.15, 0.2) is 18.3 Å². The minimum absolute atomic E-state index is 0.0750. The number of aryl methyl sites for hydroxylation is 1. The molecule has 0 fully saturated rings. The highest BCUT2D eigenvalue weighted by molar-refractivity contribution is 6.20. The van der Waals surface area contributed by atoms with Crippen molar-refractivity contribution >= 4 is 28.7 Å². The van der Waals surface area contributed by atoms with Crippen molar-refractivity contribution in [3.8, 4) is 0 Å². The molecule has 0 radical (unpaired) electrons. The predicted molar refractivity (Wildman–Crippen MR) is 75.1 cm³/mol. The molecule has 0 saturated heterocycles. The molecule has 1 unspecified atom stereocenters. The van der Waals surface area contributed by atoms with Gasteiger partial charge in [0.25, 0.3) is 0 Å². The maximum atomic E-state index is 11.7. The number of hydrogen-bond acceptors (Lipinski definition) is 3. The lowest BCUT2D eigenvalue weighted by molar-refractivity contribution is -0.128. The van der Waals surface area contributed by atoms with E-state index >= 15 is 0 Å². The summed E-state index contributed by atoms with van der Waals surface area (Å²) in [5.74, 6) is 0.827. The van der Waals surface area contributed by atoms with Crippen LogP contribution in [0.5, 0.6) is 0 Å². The van der Waals surface area contributed by atoms with Crippen molar-refractivity contribution in [3.05, 3.63) is 24.2 Å². The first-order valence-corrected chi connectivity index (χ1v) is 6.59. The number of pyridine rings is 1. The van der Waals surface area contributed by atoms with Crippen LogP contribution in [0.25, 0.3) is 11.2 Å². The van der Waals surface area contributed by atoms with Crippen molar-refractivity contribution in [1.29, 1.82) is 0 Å². The highest BCUT2D eigenvalue weighted by Crippen LogP contribution is 2.23. The van der Waals surface area contributed by atoms with Crippen LogP contribution in [0, 0.1) is 0 Å². The molecule has 5 nitrogen and oxygen atoms in total. The lowest BCUT2D eigenvalue weighted by Gasteiger charge is -2.12. The highest BCUT2D eigenvalue weighted by atomic mass is 35.5. The average molecular weight is 281 g/mol. The van der Waals surface area contributed by atoms with Crippen LogP contribution in [0.1, 0.15) is 24.5 Å². The van der Waals surface area contributed by atoms with Gasteiger partial charge < -0.3 is 9.47 Å². The Balaban J connectivity index is 2.34. The van der Waals surface area contributed by atoms with Gasteiger partial charge >= 0.3 is 0 Å². The van der Waals surface area contributed by atoms with E-state index < -0.39 is 0 Å². The summed E-state index contributed by atoms with van der Waals surface area (Å²) in [5, 5.41) is -0.219. The normalized spacial score (nSPS) is 12.6. The molecule has 2 rings (SSSR count). The second-order valence-electron chi connectivity index (χ2n) is 4.62. The standard InChI is InChI=1S/C13H17ClN4O/c1-9(14)12-16-10-5-4-7-15-13(10)18(12)8-6-11(19)17(2)3/h4-5,7,9H,6,8H2,1-3H3. The smallest absolute Gasteiger partial charge is 0.223 e. The number of alkyl halides is 1. The minimum atomic E-state index is -0.219. The third-order valence-electron chi connectivity index (χ3n) is 2.94. The van der Waals surface area contributed by atoms with Gasteiger partial charge in [-0.1, -0.05) is 0 Å². The van der Waals surface area contributed by atoms with Gasteiger partial charge in [-0.05, 0) is 19.1 Å². The van der Waals surface area contributed by atoms with Crippen LogP contribution in [0.3, 0.4) is 0 Å². The second kappa shape index (κ2) is 5.57. The van der Waals surface area contributed by atoms with Crippen molar-refractivity contribution in [2.75, 3.05) is 14.1 Å². The van der Waals surface area contributed by atoms with E-state index in [0.29, 0.717) is 13.0 Å². The summed E-state index contributed by atoms with van der Waals surface area (Å²) < 4.78 is 1.92. The van der Waals surface area contributed by atoms with E-state index in [-0.39, 0.29) is 11.3 Å². The molecule has 0 saturated carbocycles. The topological polar surface area (TPSA) is 51.0 Å². The van der Waals surface area contributed by atoms with Gasteiger partial charge in [0.15, 0.2) is 5.65 Å². The summed E-state index contributed by atoms with van der Waals surface area (Å²) in [6.45, 7) is 2.41. The van der Waals surface area contributed by atoms with E-state index in [1.165, 1.54) is 0 Å². The molecule has 0 spiro atoms. The van der Waals surface area contributed by atoms with E-state index in [4.69, 9.17) is 11.6 Å². The van der Waals surface area contributed by atoms with Gasteiger partial charge in [-0.2, -0.15) is 0 Å². The molecule has 2 heterocycles. The minimum Gasteiger partial charge on any atom is -0.349 e. The first kappa shape index (κ1) is 13.8. The number of nitrogens with zero attached hydrogens (tertiary/aromatic N) is 4. The highest BCUT2D eigenvalue weighted by Gasteiger charge is 2.16. The zero-order chi connectivity index (χ0) is 14.0. The quantitative estimate of drug-likeness (QED) is 0.807. The third-order valence-corrected chi connectivity index (χ3v) is 3.13. The SMILES string of the molecule is CC(Cl)c1nc2cccnc2n1CCC(=O)N(C)C. The number of rotatable bonds is 4. The predicted octanol–water partition coefficient (Wildman–Crippen LogP) is 2.21. The molecule has 0 aliphatic carbocycles. The summed E-state index contributed by atoms with van der Waals surface area (Å²) in [7, 11) is 3.50. The Labute approximate surface area is 117 Å². The van der Waals surface area contributed by atoms with Crippen molar-refractivity contribution in [2.45, 2.75) is 25.3 Å². The van der Waals surface area contributed by atoms with Crippen molar-refractivity contribution in [2.24, 2.45) is 0 Å². The van der Waals surface area contributed by atoms with E-state index in [2.05, 4.69) is 9.97 Å². The largest absolute Gasteiger partial charge is 0.349 e. The number of carbonyl (C=O) groups excluding carboxylic acids is 1. The van der Waals surface area contributed by atoms with Gasteiger partial charge in [-0.15, -0.1) is 11.6 Å². The van der Waals surface area contributed by atoms with Crippen molar-refractivity contribution in [3.63, 3.8) is 0 Å². The molecule has 0 bridgehead atoms. The second-order valence-corrected chi connectivity index (χ2v) is 5.28. The van der Waals surface area contributed by atoms with E-state index in [1.807, 2.05) is 23.6 Å². The fourth-order valence-electron chi connectivity index (χ4n) is 1.93. The molecule has 1 amide bonds. The molecule has 0 N–H and O–H groups in total. The van der Waals surface area contributed by atoms with Gasteiger partial charge in [-0.25, -0.2) is 9.97 Å². The number of hydrogen-bond donors (Lipinski definition) is 0. The van der Waals surface area contributed by atoms with Crippen LogP contribution < -0.4 is 0 Å². The van der Waals surface area contributed by atoms with Crippen LogP contribution in [0.2, 0.25) is 0 Å². The van der Waals surface area contributed by atoms with Crippen molar-refractivity contribution in [1.82, 2.24) is 19.4 Å². The molecular weight excluding hydrogens is 264 g/mol. The average Bonchev–Trinajstić information content (AvgIpc) is 2.74. The van der Waals surface area contributed by atoms with E-state index in [0.717, 1.165) is 17.0 Å². The van der Waals surface area contributed by atoms with Crippen LogP contribution in [-0.2, 0) is 11.3 Å². The molecule has 0 aromatic carbocycles. The maximum Gasteiger partial charge on any atom is 0.223 e. The van der Waals surface area contributed by atoms with Gasteiger partial charge in [-0.3, -0.25) is 4.79 Å². The molecule has 102 valence electrons. The van der Waals surface area contributed by atoms with Gasteiger partial charge in [0.1, 0.15) is 11.3 Å². The van der Waals surface area contributed by atoms with Crippen LogP contribution in [0.4, 0.5) is 0 Å². The number of fused-ring (bicyclic) bond motifs is 1. The summed E-state index contributed by atoms with van der Waals surface area (Å²) in [4.78, 5) is 22.1. The van der Waals surface area contributed by atoms with Crippen molar-refractivity contribution < 1.29 is 4.79 Å². The molecule has 1 atom stereocenters. The van der Waals surface area contributed by atoms with E-state index in [9.17, 15) is 4.79 Å². The molecule has 0 aliphatic rings. The number of amides is 1. The molecule has 6 heteroatoms. The number of halogens is 1. The molecule has 19 heavy (non-hydrogen) atoms. The zero-order valence-electron chi connectivity index (χ0n) is 11.3. The fraction of sp³-hybridized carbons (Fsp3) is 0.462. The first-order chi connectivity index (χ1) is 9.00. The first-order valence-electron chi connectivity index (χ1n) is 6.16. The lowest BCUT2D eigenvalue weighted by Crippen LogP contribution is -2.23. The third kappa shape index (κ3) is 2.87. The Bertz CT molecular complexity index is 591. The Hall–Kier alpha value is -1.62. The number of carbonyl (C=O) groups is 1. The zero-order valence-corrected chi connectivity index (χ0v) is 12.1. The maximum absolute atomic E-state index is 11.7. The van der Waals surface area contributed by atoms with Gasteiger partial charge in [0.05, 0.1) is 5.38 Å². The number of imidazole rings is 1. The molecule has 2 aromatic rings. The Morgan fingerprint density at radius 3 is 2.89 bits per heavy atom. The fourth-order valence-corrected chi connectivity index (χ4v) is 2.10.